The van der Waals surface area contributed by atoms with Crippen molar-refractivity contribution < 1.29 is 9.13 Å². The first-order valence-corrected chi connectivity index (χ1v) is 11.7. The van der Waals surface area contributed by atoms with E-state index in [0.717, 1.165) is 31.5 Å². The van der Waals surface area contributed by atoms with E-state index in [0.29, 0.717) is 36.3 Å². The average Bonchev–Trinajstić information content (AvgIpc) is 2.80. The number of halogens is 1. The number of rotatable bonds is 7. The van der Waals surface area contributed by atoms with E-state index in [1.54, 1.807) is 12.3 Å². The molecule has 2 aliphatic rings. The molecule has 1 aliphatic carbocycles. The van der Waals surface area contributed by atoms with Crippen LogP contribution in [0.15, 0.2) is 47.4 Å². The van der Waals surface area contributed by atoms with Crippen LogP contribution in [0.1, 0.15) is 56.1 Å². The number of aromatic amines is 1. The van der Waals surface area contributed by atoms with E-state index in [4.69, 9.17) is 4.74 Å². The van der Waals surface area contributed by atoms with Gasteiger partial charge in [-0.2, -0.15) is 0 Å². The van der Waals surface area contributed by atoms with Crippen molar-refractivity contribution in [3.8, 4) is 5.75 Å². The molecule has 1 saturated heterocycles. The summed E-state index contributed by atoms with van der Waals surface area (Å²) in [5, 5.41) is 0. The van der Waals surface area contributed by atoms with E-state index in [1.807, 2.05) is 24.3 Å². The van der Waals surface area contributed by atoms with Crippen LogP contribution in [0.2, 0.25) is 0 Å². The smallest absolute Gasteiger partial charge is 0.252 e. The molecule has 1 N–H and O–H groups in total. The van der Waals surface area contributed by atoms with Gasteiger partial charge in [0, 0.05) is 18.3 Å². The van der Waals surface area contributed by atoms with Crippen LogP contribution < -0.4 is 10.3 Å². The van der Waals surface area contributed by atoms with Crippen molar-refractivity contribution in [1.82, 2.24) is 9.88 Å². The maximum absolute atomic E-state index is 14.5. The minimum Gasteiger partial charge on any atom is -0.493 e. The second-order valence-corrected chi connectivity index (χ2v) is 8.96. The molecule has 0 bridgehead atoms. The summed E-state index contributed by atoms with van der Waals surface area (Å²) in [7, 11) is 0. The predicted octanol–water partition coefficient (Wildman–Crippen LogP) is 5.40. The number of nitrogens with zero attached hydrogens (tertiary/aromatic N) is 1. The van der Waals surface area contributed by atoms with Gasteiger partial charge >= 0.3 is 0 Å². The zero-order valence-corrected chi connectivity index (χ0v) is 18.2. The Morgan fingerprint density at radius 2 is 1.87 bits per heavy atom. The number of nitrogens with one attached hydrogen (secondary N) is 1. The molecule has 4 nitrogen and oxygen atoms in total. The van der Waals surface area contributed by atoms with Crippen molar-refractivity contribution in [3.05, 3.63) is 69.9 Å². The molecule has 4 rings (SSSR count). The molecule has 166 valence electrons. The van der Waals surface area contributed by atoms with Gasteiger partial charge in [-0.1, -0.05) is 43.5 Å². The molecule has 1 saturated carbocycles. The molecule has 31 heavy (non-hydrogen) atoms. The number of likely N-dealkylation sites (tertiary alicyclic amines) is 1. The predicted molar refractivity (Wildman–Crippen MR) is 123 cm³/mol. The second kappa shape index (κ2) is 10.8. The highest BCUT2D eigenvalue weighted by Crippen LogP contribution is 2.29. The third-order valence-electron chi connectivity index (χ3n) is 6.67. The summed E-state index contributed by atoms with van der Waals surface area (Å²) < 4.78 is 20.6. The molecule has 1 aliphatic heterocycles. The Morgan fingerprint density at radius 3 is 2.65 bits per heavy atom. The number of H-pyrrole nitrogens is 1. The Kier molecular flexibility index (Phi) is 7.57. The van der Waals surface area contributed by atoms with Crippen molar-refractivity contribution in [1.29, 1.82) is 0 Å². The lowest BCUT2D eigenvalue weighted by Gasteiger charge is -2.30. The topological polar surface area (TPSA) is 45.3 Å². The van der Waals surface area contributed by atoms with Crippen LogP contribution in [-0.2, 0) is 6.54 Å². The molecule has 5 heteroatoms. The largest absolute Gasteiger partial charge is 0.493 e. The van der Waals surface area contributed by atoms with Crippen LogP contribution in [0.4, 0.5) is 4.39 Å². The summed E-state index contributed by atoms with van der Waals surface area (Å²) in [5.41, 5.74) is 1.36. The van der Waals surface area contributed by atoms with Crippen LogP contribution in [0.25, 0.3) is 6.08 Å². The summed E-state index contributed by atoms with van der Waals surface area (Å²) in [5.74, 6) is 1.44. The fourth-order valence-electron chi connectivity index (χ4n) is 4.72. The highest BCUT2D eigenvalue weighted by atomic mass is 19.1. The van der Waals surface area contributed by atoms with E-state index in [-0.39, 0.29) is 11.4 Å². The van der Waals surface area contributed by atoms with Gasteiger partial charge in [0.05, 0.1) is 12.2 Å². The molecule has 1 aromatic carbocycles. The highest BCUT2D eigenvalue weighted by Gasteiger charge is 2.19. The number of allylic oxidation sites excluding steroid dienone is 1. The molecule has 0 unspecified atom stereocenters. The summed E-state index contributed by atoms with van der Waals surface area (Å²) in [6, 6.07) is 8.87. The summed E-state index contributed by atoms with van der Waals surface area (Å²) in [4.78, 5) is 16.9. The minimum absolute atomic E-state index is 0.00942. The van der Waals surface area contributed by atoms with E-state index in [2.05, 4.69) is 16.0 Å². The van der Waals surface area contributed by atoms with Gasteiger partial charge in [0.25, 0.3) is 5.56 Å². The van der Waals surface area contributed by atoms with Gasteiger partial charge in [-0.15, -0.1) is 0 Å². The van der Waals surface area contributed by atoms with Gasteiger partial charge in [-0.25, -0.2) is 4.39 Å². The lowest BCUT2D eigenvalue weighted by atomic mass is 9.90. The Balaban J connectivity index is 1.32. The van der Waals surface area contributed by atoms with Crippen LogP contribution in [0.5, 0.6) is 5.75 Å². The van der Waals surface area contributed by atoms with E-state index < -0.39 is 0 Å². The molecular formula is C26H33FN2O2. The molecule has 0 atom stereocenters. The molecule has 0 spiro atoms. The highest BCUT2D eigenvalue weighted by molar-refractivity contribution is 5.58. The van der Waals surface area contributed by atoms with Crippen LogP contribution >= 0.6 is 0 Å². The van der Waals surface area contributed by atoms with Crippen LogP contribution in [0, 0.1) is 17.7 Å². The van der Waals surface area contributed by atoms with Gasteiger partial charge in [0.2, 0.25) is 0 Å². The fourth-order valence-corrected chi connectivity index (χ4v) is 4.72. The third kappa shape index (κ3) is 6.07. The molecule has 2 aromatic rings. The van der Waals surface area contributed by atoms with Crippen molar-refractivity contribution in [2.45, 2.75) is 51.5 Å². The van der Waals surface area contributed by atoms with E-state index in [1.165, 1.54) is 38.2 Å². The van der Waals surface area contributed by atoms with E-state index >= 15 is 0 Å². The maximum Gasteiger partial charge on any atom is 0.252 e. The average molecular weight is 425 g/mol. The summed E-state index contributed by atoms with van der Waals surface area (Å²) in [6.45, 7) is 3.23. The Hall–Kier alpha value is -2.40. The lowest BCUT2D eigenvalue weighted by molar-refractivity contribution is 0.195. The molecule has 2 heterocycles. The number of hydrogen-bond donors (Lipinski definition) is 1. The molecular weight excluding hydrogens is 391 g/mol. The van der Waals surface area contributed by atoms with Crippen LogP contribution in [0.3, 0.4) is 0 Å². The first kappa shape index (κ1) is 21.8. The quantitative estimate of drug-likeness (QED) is 0.647. The normalized spacial score (nSPS) is 19.1. The fraction of sp³-hybridized carbons (Fsp3) is 0.500. The molecule has 1 aromatic heterocycles. The van der Waals surface area contributed by atoms with Gasteiger partial charge < -0.3 is 9.72 Å². The standard InChI is InChI=1S/C26H33FN2O2/c27-24-9-4-10-25(31-19-21-6-2-1-3-7-21)23(24)12-11-20-13-16-29(17-14-20)18-22-8-5-15-28-26(22)30/h4-5,8-12,15,20-21H,1-3,6-7,13-14,16-19H2,(H,28,30)/b12-11+. The first-order chi connectivity index (χ1) is 15.2. The number of benzene rings is 1. The number of hydrogen-bond acceptors (Lipinski definition) is 3. The molecule has 0 radical (unpaired) electrons. The van der Waals surface area contributed by atoms with Crippen molar-refractivity contribution in [2.24, 2.45) is 11.8 Å². The summed E-state index contributed by atoms with van der Waals surface area (Å²) in [6.07, 6.45) is 14.0. The lowest BCUT2D eigenvalue weighted by Crippen LogP contribution is -2.34. The van der Waals surface area contributed by atoms with Gasteiger partial charge in [0.15, 0.2) is 0 Å². The first-order valence-electron chi connectivity index (χ1n) is 11.7. The summed E-state index contributed by atoms with van der Waals surface area (Å²) >= 11 is 0. The second-order valence-electron chi connectivity index (χ2n) is 8.96. The number of aromatic nitrogens is 1. The zero-order chi connectivity index (χ0) is 21.5. The van der Waals surface area contributed by atoms with Crippen LogP contribution in [-0.4, -0.2) is 29.6 Å². The maximum atomic E-state index is 14.5. The third-order valence-corrected chi connectivity index (χ3v) is 6.67. The number of piperidine rings is 1. The van der Waals surface area contributed by atoms with Gasteiger partial charge in [-0.3, -0.25) is 9.69 Å². The van der Waals surface area contributed by atoms with Crippen molar-refractivity contribution in [3.63, 3.8) is 0 Å². The zero-order valence-electron chi connectivity index (χ0n) is 18.2. The van der Waals surface area contributed by atoms with Crippen molar-refractivity contribution >= 4 is 6.08 Å². The monoisotopic (exact) mass is 424 g/mol. The molecule has 2 fully saturated rings. The van der Waals surface area contributed by atoms with Crippen molar-refractivity contribution in [2.75, 3.05) is 19.7 Å². The number of pyridine rings is 1. The van der Waals surface area contributed by atoms with E-state index in [9.17, 15) is 9.18 Å². The minimum atomic E-state index is -0.224. The molecule has 0 amide bonds. The Bertz CT molecular complexity index is 925. The Labute approximate surface area is 184 Å². The number of ether oxygens (including phenoxy) is 1. The SMILES string of the molecule is O=c1[nH]cccc1CN1CCC(/C=C/c2c(F)cccc2OCC2CCCCC2)CC1. The Morgan fingerprint density at radius 1 is 1.06 bits per heavy atom. The van der Waals surface area contributed by atoms with Gasteiger partial charge in [-0.05, 0) is 68.8 Å². The van der Waals surface area contributed by atoms with Gasteiger partial charge in [0.1, 0.15) is 11.6 Å².